The quantitative estimate of drug-likeness (QED) is 0.763. The van der Waals surface area contributed by atoms with Gasteiger partial charge in [-0.15, -0.1) is 0 Å². The average molecular weight is 404 g/mol. The number of fused-ring (bicyclic) bond motifs is 1. The van der Waals surface area contributed by atoms with Gasteiger partial charge in [-0.3, -0.25) is 4.79 Å². The number of amides is 1. The SMILES string of the molecule is CCN(CCN1CCC(c2noc3cc(F)ccc23)CC1)C(=O)[C@H]1NCC[C@H]1O. The number of halogens is 1. The summed E-state index contributed by atoms with van der Waals surface area (Å²) in [7, 11) is 0. The zero-order valence-electron chi connectivity index (χ0n) is 16.8. The van der Waals surface area contributed by atoms with Crippen molar-refractivity contribution in [2.45, 2.75) is 44.2 Å². The van der Waals surface area contributed by atoms with Crippen LogP contribution in [0.3, 0.4) is 0 Å². The second-order valence-electron chi connectivity index (χ2n) is 8.03. The molecule has 0 saturated carbocycles. The van der Waals surface area contributed by atoms with Gasteiger partial charge in [-0.2, -0.15) is 0 Å². The molecule has 1 amide bonds. The monoisotopic (exact) mass is 404 g/mol. The zero-order chi connectivity index (χ0) is 20.4. The zero-order valence-corrected chi connectivity index (χ0v) is 16.8. The number of nitrogens with zero attached hydrogens (tertiary/aromatic N) is 3. The normalized spacial score (nSPS) is 23.7. The van der Waals surface area contributed by atoms with E-state index in [1.807, 2.05) is 11.8 Å². The van der Waals surface area contributed by atoms with E-state index < -0.39 is 12.1 Å². The van der Waals surface area contributed by atoms with Gasteiger partial charge in [0, 0.05) is 37.0 Å². The Hall–Kier alpha value is -2.03. The van der Waals surface area contributed by atoms with Crippen molar-refractivity contribution in [2.24, 2.45) is 0 Å². The number of aliphatic hydroxyl groups excluding tert-OH is 1. The molecular weight excluding hydrogens is 375 g/mol. The number of piperidine rings is 1. The lowest BCUT2D eigenvalue weighted by Crippen LogP contribution is -2.50. The Labute approximate surface area is 169 Å². The Morgan fingerprint density at radius 3 is 2.86 bits per heavy atom. The lowest BCUT2D eigenvalue weighted by molar-refractivity contribution is -0.135. The van der Waals surface area contributed by atoms with Crippen LogP contribution in [0.2, 0.25) is 0 Å². The minimum atomic E-state index is -0.585. The Balaban J connectivity index is 1.29. The van der Waals surface area contributed by atoms with Crippen LogP contribution in [0.1, 0.15) is 37.8 Å². The molecule has 2 N–H and O–H groups in total. The maximum absolute atomic E-state index is 13.4. The fraction of sp³-hybridized carbons (Fsp3) is 0.619. The number of aromatic nitrogens is 1. The number of carbonyl (C=O) groups is 1. The van der Waals surface area contributed by atoms with Crippen molar-refractivity contribution in [1.29, 1.82) is 0 Å². The van der Waals surface area contributed by atoms with Crippen LogP contribution < -0.4 is 5.32 Å². The minimum absolute atomic E-state index is 0.00585. The average Bonchev–Trinajstić information content (AvgIpc) is 3.34. The maximum Gasteiger partial charge on any atom is 0.242 e. The van der Waals surface area contributed by atoms with E-state index in [1.54, 1.807) is 6.07 Å². The van der Waals surface area contributed by atoms with Crippen LogP contribution >= 0.6 is 0 Å². The molecule has 1 aromatic carbocycles. The number of hydrogen-bond donors (Lipinski definition) is 2. The number of aliphatic hydroxyl groups is 1. The predicted molar refractivity (Wildman–Crippen MR) is 107 cm³/mol. The molecule has 2 aliphatic heterocycles. The van der Waals surface area contributed by atoms with E-state index in [-0.39, 0.29) is 11.7 Å². The second-order valence-corrected chi connectivity index (χ2v) is 8.03. The molecule has 0 spiro atoms. The molecule has 0 bridgehead atoms. The van der Waals surface area contributed by atoms with Gasteiger partial charge in [0.15, 0.2) is 5.58 Å². The highest BCUT2D eigenvalue weighted by molar-refractivity contribution is 5.83. The highest BCUT2D eigenvalue weighted by Crippen LogP contribution is 2.32. The van der Waals surface area contributed by atoms with Gasteiger partial charge in [-0.25, -0.2) is 4.39 Å². The first-order valence-electron chi connectivity index (χ1n) is 10.5. The van der Waals surface area contributed by atoms with E-state index in [0.717, 1.165) is 43.6 Å². The van der Waals surface area contributed by atoms with E-state index in [1.165, 1.54) is 12.1 Å². The summed E-state index contributed by atoms with van der Waals surface area (Å²) in [5, 5.41) is 18.2. The van der Waals surface area contributed by atoms with E-state index in [2.05, 4.69) is 15.4 Å². The van der Waals surface area contributed by atoms with Gasteiger partial charge in [0.1, 0.15) is 11.9 Å². The molecule has 2 saturated heterocycles. The first-order valence-corrected chi connectivity index (χ1v) is 10.5. The number of rotatable bonds is 6. The first-order chi connectivity index (χ1) is 14.1. The second kappa shape index (κ2) is 8.77. The van der Waals surface area contributed by atoms with Crippen molar-refractivity contribution in [1.82, 2.24) is 20.3 Å². The van der Waals surface area contributed by atoms with Crippen molar-refractivity contribution < 1.29 is 18.8 Å². The number of hydrogen-bond acceptors (Lipinski definition) is 6. The topological polar surface area (TPSA) is 81.8 Å². The van der Waals surface area contributed by atoms with Crippen molar-refractivity contribution >= 4 is 16.9 Å². The lowest BCUT2D eigenvalue weighted by Gasteiger charge is -2.33. The van der Waals surface area contributed by atoms with Crippen molar-refractivity contribution in [3.05, 3.63) is 29.7 Å². The van der Waals surface area contributed by atoms with Gasteiger partial charge in [-0.05, 0) is 58.0 Å². The third kappa shape index (κ3) is 4.29. The standard InChI is InChI=1S/C21H29FN4O3/c1-2-26(21(28)20-17(27)5-8-23-20)12-11-25-9-6-14(7-10-25)19-16-4-3-15(22)13-18(16)29-24-19/h3-4,13-14,17,20,23,27H,2,5-12H2,1H3/t17-,20+/m1/s1. The van der Waals surface area contributed by atoms with Crippen LogP contribution in [0.5, 0.6) is 0 Å². The summed E-state index contributed by atoms with van der Waals surface area (Å²) in [6.07, 6.45) is 1.97. The number of likely N-dealkylation sites (N-methyl/N-ethyl adjacent to an activating group) is 1. The molecule has 1 aromatic heterocycles. The van der Waals surface area contributed by atoms with E-state index in [4.69, 9.17) is 4.52 Å². The van der Waals surface area contributed by atoms with Gasteiger partial charge < -0.3 is 24.7 Å². The molecule has 2 aliphatic rings. The van der Waals surface area contributed by atoms with E-state index >= 15 is 0 Å². The van der Waals surface area contributed by atoms with E-state index in [0.29, 0.717) is 37.6 Å². The van der Waals surface area contributed by atoms with Gasteiger partial charge in [0.2, 0.25) is 5.91 Å². The molecule has 158 valence electrons. The summed E-state index contributed by atoms with van der Waals surface area (Å²) in [4.78, 5) is 16.9. The first kappa shape index (κ1) is 20.3. The maximum atomic E-state index is 13.4. The molecule has 29 heavy (non-hydrogen) atoms. The van der Waals surface area contributed by atoms with Gasteiger partial charge in [0.25, 0.3) is 0 Å². The fourth-order valence-corrected chi connectivity index (χ4v) is 4.48. The molecule has 7 nitrogen and oxygen atoms in total. The summed E-state index contributed by atoms with van der Waals surface area (Å²) in [5.41, 5.74) is 1.42. The van der Waals surface area contributed by atoms with Gasteiger partial charge in [0.05, 0.1) is 11.8 Å². The molecule has 0 radical (unpaired) electrons. The summed E-state index contributed by atoms with van der Waals surface area (Å²) < 4.78 is 18.7. The smallest absolute Gasteiger partial charge is 0.242 e. The third-order valence-corrected chi connectivity index (χ3v) is 6.27. The highest BCUT2D eigenvalue weighted by Gasteiger charge is 2.34. The Bertz CT molecular complexity index is 850. The van der Waals surface area contributed by atoms with Crippen LogP contribution in [-0.4, -0.2) is 77.4 Å². The number of likely N-dealkylation sites (tertiary alicyclic amines) is 1. The molecule has 4 rings (SSSR count). The molecule has 3 heterocycles. The molecule has 2 aromatic rings. The fourth-order valence-electron chi connectivity index (χ4n) is 4.48. The van der Waals surface area contributed by atoms with Crippen LogP contribution in [0.4, 0.5) is 4.39 Å². The Morgan fingerprint density at radius 2 is 2.17 bits per heavy atom. The molecule has 0 unspecified atom stereocenters. The number of benzene rings is 1. The third-order valence-electron chi connectivity index (χ3n) is 6.27. The van der Waals surface area contributed by atoms with Crippen molar-refractivity contribution in [2.75, 3.05) is 39.3 Å². The van der Waals surface area contributed by atoms with Gasteiger partial charge in [-0.1, -0.05) is 5.16 Å². The van der Waals surface area contributed by atoms with Crippen LogP contribution in [0, 0.1) is 5.82 Å². The number of carbonyl (C=O) groups excluding carboxylic acids is 1. The highest BCUT2D eigenvalue weighted by atomic mass is 19.1. The van der Waals surface area contributed by atoms with Crippen molar-refractivity contribution in [3.63, 3.8) is 0 Å². The van der Waals surface area contributed by atoms with Gasteiger partial charge >= 0.3 is 0 Å². The largest absolute Gasteiger partial charge is 0.391 e. The van der Waals surface area contributed by atoms with Crippen LogP contribution in [0.15, 0.2) is 22.7 Å². The summed E-state index contributed by atoms with van der Waals surface area (Å²) in [6.45, 7) is 6.64. The number of nitrogens with one attached hydrogen (secondary N) is 1. The van der Waals surface area contributed by atoms with Crippen LogP contribution in [-0.2, 0) is 4.79 Å². The molecule has 8 heteroatoms. The lowest BCUT2D eigenvalue weighted by atomic mass is 9.91. The Morgan fingerprint density at radius 1 is 1.38 bits per heavy atom. The molecule has 2 fully saturated rings. The van der Waals surface area contributed by atoms with Crippen LogP contribution in [0.25, 0.3) is 11.0 Å². The summed E-state index contributed by atoms with van der Waals surface area (Å²) >= 11 is 0. The minimum Gasteiger partial charge on any atom is -0.391 e. The predicted octanol–water partition coefficient (Wildman–Crippen LogP) is 1.72. The van der Waals surface area contributed by atoms with Crippen molar-refractivity contribution in [3.8, 4) is 0 Å². The summed E-state index contributed by atoms with van der Waals surface area (Å²) in [6, 6.07) is 4.11. The Kier molecular flexibility index (Phi) is 6.12. The van der Waals surface area contributed by atoms with E-state index in [9.17, 15) is 14.3 Å². The molecular formula is C21H29FN4O3. The molecule has 2 atom stereocenters. The summed E-state index contributed by atoms with van der Waals surface area (Å²) in [5.74, 6) is -0.0150. The molecule has 0 aliphatic carbocycles.